The maximum Gasteiger partial charge on any atom is 0.254 e. The summed E-state index contributed by atoms with van der Waals surface area (Å²) < 4.78 is 0. The summed E-state index contributed by atoms with van der Waals surface area (Å²) in [5.41, 5.74) is 4.77. The SMILES string of the molecule is CCCCCN(CCCCC)C(=O)c1cc(-c2ccccc2C)nc2ccccc12. The van der Waals surface area contributed by atoms with Crippen LogP contribution in [-0.4, -0.2) is 28.9 Å². The van der Waals surface area contributed by atoms with Gasteiger partial charge in [-0.2, -0.15) is 0 Å². The molecular formula is C27H34N2O. The number of para-hydroxylation sites is 1. The minimum atomic E-state index is 0.135. The average Bonchev–Trinajstić information content (AvgIpc) is 2.77. The number of rotatable bonds is 10. The fraction of sp³-hybridized carbons (Fsp3) is 0.407. The Morgan fingerprint density at radius 1 is 0.867 bits per heavy atom. The normalized spacial score (nSPS) is 11.0. The maximum atomic E-state index is 13.7. The number of aryl methyl sites for hydroxylation is 1. The van der Waals surface area contributed by atoms with Gasteiger partial charge in [-0.25, -0.2) is 4.98 Å². The molecule has 30 heavy (non-hydrogen) atoms. The number of carbonyl (C=O) groups excluding carboxylic acids is 1. The fourth-order valence-corrected chi connectivity index (χ4v) is 3.94. The van der Waals surface area contributed by atoms with Crippen LogP contribution < -0.4 is 0 Å². The third kappa shape index (κ3) is 5.27. The number of hydrogen-bond donors (Lipinski definition) is 0. The number of carbonyl (C=O) groups is 1. The molecule has 1 amide bonds. The third-order valence-corrected chi connectivity index (χ3v) is 5.72. The molecule has 3 nitrogen and oxygen atoms in total. The Hall–Kier alpha value is -2.68. The molecule has 0 saturated heterocycles. The van der Waals surface area contributed by atoms with Crippen molar-refractivity contribution in [2.75, 3.05) is 13.1 Å². The van der Waals surface area contributed by atoms with Crippen LogP contribution in [0.15, 0.2) is 54.6 Å². The van der Waals surface area contributed by atoms with E-state index in [9.17, 15) is 4.79 Å². The second-order valence-electron chi connectivity index (χ2n) is 8.09. The van der Waals surface area contributed by atoms with E-state index in [0.717, 1.165) is 79.3 Å². The number of pyridine rings is 1. The van der Waals surface area contributed by atoms with Crippen LogP contribution in [0.25, 0.3) is 22.2 Å². The van der Waals surface area contributed by atoms with Gasteiger partial charge in [0.25, 0.3) is 5.91 Å². The van der Waals surface area contributed by atoms with Gasteiger partial charge < -0.3 is 4.90 Å². The summed E-state index contributed by atoms with van der Waals surface area (Å²) >= 11 is 0. The van der Waals surface area contributed by atoms with E-state index in [1.807, 2.05) is 42.5 Å². The lowest BCUT2D eigenvalue weighted by Crippen LogP contribution is -2.33. The smallest absolute Gasteiger partial charge is 0.254 e. The number of amides is 1. The van der Waals surface area contributed by atoms with Gasteiger partial charge in [-0.1, -0.05) is 82.0 Å². The molecule has 3 heteroatoms. The van der Waals surface area contributed by atoms with Gasteiger partial charge in [0.1, 0.15) is 0 Å². The van der Waals surface area contributed by atoms with Crippen LogP contribution in [0.1, 0.15) is 68.3 Å². The van der Waals surface area contributed by atoms with Crippen LogP contribution in [0.4, 0.5) is 0 Å². The summed E-state index contributed by atoms with van der Waals surface area (Å²) in [6.45, 7) is 8.15. The topological polar surface area (TPSA) is 33.2 Å². The predicted molar refractivity (Wildman–Crippen MR) is 127 cm³/mol. The Morgan fingerprint density at radius 2 is 1.50 bits per heavy atom. The average molecular weight is 403 g/mol. The molecule has 0 radical (unpaired) electrons. The number of nitrogens with zero attached hydrogens (tertiary/aromatic N) is 2. The fourth-order valence-electron chi connectivity index (χ4n) is 3.94. The first-order valence-electron chi connectivity index (χ1n) is 11.4. The van der Waals surface area contributed by atoms with E-state index in [1.165, 1.54) is 5.56 Å². The lowest BCUT2D eigenvalue weighted by Gasteiger charge is -2.24. The Bertz CT molecular complexity index is 970. The van der Waals surface area contributed by atoms with Crippen LogP contribution >= 0.6 is 0 Å². The third-order valence-electron chi connectivity index (χ3n) is 5.72. The zero-order valence-corrected chi connectivity index (χ0v) is 18.7. The minimum Gasteiger partial charge on any atom is -0.339 e. The van der Waals surface area contributed by atoms with E-state index in [4.69, 9.17) is 4.98 Å². The van der Waals surface area contributed by atoms with Gasteiger partial charge in [-0.3, -0.25) is 4.79 Å². The zero-order valence-electron chi connectivity index (χ0n) is 18.7. The van der Waals surface area contributed by atoms with Crippen LogP contribution in [0.5, 0.6) is 0 Å². The standard InChI is InChI=1S/C27H34N2O/c1-4-6-12-18-29(19-13-7-5-2)27(30)24-20-26(22-15-9-8-14-21(22)3)28-25-17-11-10-16-23(24)25/h8-11,14-17,20H,4-7,12-13,18-19H2,1-3H3. The molecule has 0 aliphatic heterocycles. The van der Waals surface area contributed by atoms with Crippen molar-refractivity contribution >= 4 is 16.8 Å². The number of hydrogen-bond acceptors (Lipinski definition) is 2. The Balaban J connectivity index is 2.02. The maximum absolute atomic E-state index is 13.7. The Kier molecular flexibility index (Phi) is 8.01. The van der Waals surface area contributed by atoms with Crippen molar-refractivity contribution in [2.24, 2.45) is 0 Å². The highest BCUT2D eigenvalue weighted by Gasteiger charge is 2.20. The van der Waals surface area contributed by atoms with E-state index >= 15 is 0 Å². The highest BCUT2D eigenvalue weighted by Crippen LogP contribution is 2.28. The van der Waals surface area contributed by atoms with Gasteiger partial charge >= 0.3 is 0 Å². The first-order valence-corrected chi connectivity index (χ1v) is 11.4. The molecule has 0 aliphatic carbocycles. The highest BCUT2D eigenvalue weighted by molar-refractivity contribution is 6.07. The van der Waals surface area contributed by atoms with Crippen LogP contribution in [0, 0.1) is 6.92 Å². The van der Waals surface area contributed by atoms with E-state index < -0.39 is 0 Å². The summed E-state index contributed by atoms with van der Waals surface area (Å²) in [6.07, 6.45) is 6.75. The molecule has 0 unspecified atom stereocenters. The predicted octanol–water partition coefficient (Wildman–Crippen LogP) is 7.03. The molecule has 158 valence electrons. The van der Waals surface area contributed by atoms with Crippen LogP contribution in [0.2, 0.25) is 0 Å². The van der Waals surface area contributed by atoms with Gasteiger partial charge in [-0.05, 0) is 37.5 Å². The van der Waals surface area contributed by atoms with Gasteiger partial charge in [0.2, 0.25) is 0 Å². The quantitative estimate of drug-likeness (QED) is 0.341. The second kappa shape index (κ2) is 10.9. The largest absolute Gasteiger partial charge is 0.339 e. The first-order chi connectivity index (χ1) is 14.7. The summed E-state index contributed by atoms with van der Waals surface area (Å²) in [7, 11) is 0. The van der Waals surface area contributed by atoms with Crippen molar-refractivity contribution in [2.45, 2.75) is 59.3 Å². The van der Waals surface area contributed by atoms with Crippen LogP contribution in [0.3, 0.4) is 0 Å². The van der Waals surface area contributed by atoms with Crippen molar-refractivity contribution in [3.63, 3.8) is 0 Å². The minimum absolute atomic E-state index is 0.135. The number of unbranched alkanes of at least 4 members (excludes halogenated alkanes) is 4. The molecule has 0 spiro atoms. The molecule has 0 fully saturated rings. The van der Waals surface area contributed by atoms with E-state index in [-0.39, 0.29) is 5.91 Å². The summed E-state index contributed by atoms with van der Waals surface area (Å²) in [4.78, 5) is 20.7. The summed E-state index contributed by atoms with van der Waals surface area (Å²) in [6, 6.07) is 18.3. The molecule has 0 N–H and O–H groups in total. The molecule has 0 atom stereocenters. The van der Waals surface area contributed by atoms with Crippen molar-refractivity contribution in [3.8, 4) is 11.3 Å². The molecule has 3 aromatic rings. The van der Waals surface area contributed by atoms with E-state index in [2.05, 4.69) is 37.8 Å². The van der Waals surface area contributed by atoms with E-state index in [0.29, 0.717) is 0 Å². The monoisotopic (exact) mass is 402 g/mol. The number of benzene rings is 2. The lowest BCUT2D eigenvalue weighted by atomic mass is 10.00. The van der Waals surface area contributed by atoms with Crippen molar-refractivity contribution in [1.29, 1.82) is 0 Å². The number of aromatic nitrogens is 1. The molecule has 0 bridgehead atoms. The van der Waals surface area contributed by atoms with Gasteiger partial charge in [0.05, 0.1) is 16.8 Å². The molecule has 1 heterocycles. The van der Waals surface area contributed by atoms with Crippen molar-refractivity contribution < 1.29 is 4.79 Å². The van der Waals surface area contributed by atoms with Gasteiger partial charge in [0.15, 0.2) is 0 Å². The molecule has 1 aromatic heterocycles. The van der Waals surface area contributed by atoms with Gasteiger partial charge in [-0.15, -0.1) is 0 Å². The number of fused-ring (bicyclic) bond motifs is 1. The van der Waals surface area contributed by atoms with Crippen molar-refractivity contribution in [3.05, 3.63) is 65.7 Å². The molecule has 0 saturated carbocycles. The highest BCUT2D eigenvalue weighted by atomic mass is 16.2. The second-order valence-corrected chi connectivity index (χ2v) is 8.09. The molecule has 3 rings (SSSR count). The molecular weight excluding hydrogens is 368 g/mol. The van der Waals surface area contributed by atoms with Crippen LogP contribution in [-0.2, 0) is 0 Å². The Morgan fingerprint density at radius 3 is 2.17 bits per heavy atom. The molecule has 0 aliphatic rings. The first kappa shape index (κ1) is 22.0. The lowest BCUT2D eigenvalue weighted by molar-refractivity contribution is 0.0751. The zero-order chi connectivity index (χ0) is 21.3. The van der Waals surface area contributed by atoms with Crippen molar-refractivity contribution in [1.82, 2.24) is 9.88 Å². The van der Waals surface area contributed by atoms with Gasteiger partial charge in [0, 0.05) is 24.0 Å². The van der Waals surface area contributed by atoms with E-state index in [1.54, 1.807) is 0 Å². The Labute approximate surface area is 181 Å². The summed E-state index contributed by atoms with van der Waals surface area (Å²) in [5, 5.41) is 0.941. The summed E-state index contributed by atoms with van der Waals surface area (Å²) in [5.74, 6) is 0.135. The molecule has 2 aromatic carbocycles.